The molecule has 8 rings (SSSR count). The van der Waals surface area contributed by atoms with Crippen LogP contribution in [0, 0.1) is 24.2 Å². The number of alkyl carbamates (subject to hydrolysis) is 2. The lowest BCUT2D eigenvalue weighted by Crippen LogP contribution is -2.53. The normalized spacial score (nSPS) is 17.8. The number of methoxy groups -OCH3 is 2. The molecule has 4 atom stereocenters. The minimum atomic E-state index is -0.811. The van der Waals surface area contributed by atoms with Crippen LogP contribution in [0.4, 0.5) is 9.59 Å². The lowest BCUT2D eigenvalue weighted by Gasteiger charge is -2.33. The minimum Gasteiger partial charge on any atom is -0.453 e. The third kappa shape index (κ3) is 8.60. The molecule has 0 saturated carbocycles. The molecule has 0 bridgehead atoms. The molecule has 15 nitrogen and oxygen atoms in total. The second-order valence-electron chi connectivity index (χ2n) is 16.8. The van der Waals surface area contributed by atoms with Gasteiger partial charge in [0.1, 0.15) is 23.7 Å². The van der Waals surface area contributed by atoms with Gasteiger partial charge < -0.3 is 44.6 Å². The van der Waals surface area contributed by atoms with Gasteiger partial charge in [-0.05, 0) is 90.1 Å². The number of aromatic amines is 2. The summed E-state index contributed by atoms with van der Waals surface area (Å²) in [4.78, 5) is 72.9. The van der Waals surface area contributed by atoms with E-state index in [-0.39, 0.29) is 30.2 Å². The zero-order chi connectivity index (χ0) is 44.4. The highest BCUT2D eigenvalue weighted by molar-refractivity contribution is 6.07. The number of nitrogens with zero attached hydrogens (tertiary/aromatic N) is 4. The van der Waals surface area contributed by atoms with Crippen LogP contribution >= 0.6 is 0 Å². The van der Waals surface area contributed by atoms with E-state index in [1.807, 2.05) is 32.9 Å². The summed E-state index contributed by atoms with van der Waals surface area (Å²) in [5.41, 5.74) is 5.43. The number of aromatic nitrogens is 4. The van der Waals surface area contributed by atoms with E-state index >= 15 is 0 Å². The lowest BCUT2D eigenvalue weighted by atomic mass is 9.90. The number of ether oxygens (including phenoxy) is 3. The highest BCUT2D eigenvalue weighted by Crippen LogP contribution is 2.38. The molecule has 2 aromatic heterocycles. The van der Waals surface area contributed by atoms with Crippen LogP contribution < -0.4 is 10.6 Å². The summed E-state index contributed by atoms with van der Waals surface area (Å²) in [7, 11) is 2.57. The van der Waals surface area contributed by atoms with E-state index in [0.717, 1.165) is 61.2 Å². The number of rotatable bonds is 12. The minimum absolute atomic E-state index is 0.0575. The van der Waals surface area contributed by atoms with Crippen LogP contribution in [0.2, 0.25) is 0 Å². The molecule has 6 aromatic rings. The number of H-pyrrole nitrogens is 2. The van der Waals surface area contributed by atoms with Gasteiger partial charge in [0.25, 0.3) is 0 Å². The van der Waals surface area contributed by atoms with E-state index < -0.39 is 36.4 Å². The van der Waals surface area contributed by atoms with Gasteiger partial charge >= 0.3 is 12.2 Å². The second-order valence-corrected chi connectivity index (χ2v) is 16.8. The number of amides is 4. The molecule has 4 N–H and O–H groups in total. The first-order valence-electron chi connectivity index (χ1n) is 21.7. The van der Waals surface area contributed by atoms with Crippen molar-refractivity contribution >= 4 is 67.6 Å². The van der Waals surface area contributed by atoms with Crippen LogP contribution in [-0.2, 0) is 30.3 Å². The predicted octanol–water partition coefficient (Wildman–Crippen LogP) is 7.35. The fourth-order valence-corrected chi connectivity index (χ4v) is 9.22. The summed E-state index contributed by atoms with van der Waals surface area (Å²) < 4.78 is 15.2. The van der Waals surface area contributed by atoms with E-state index in [1.165, 1.54) is 14.2 Å². The Morgan fingerprint density at radius 2 is 1.48 bits per heavy atom. The molecule has 2 saturated heterocycles. The van der Waals surface area contributed by atoms with Crippen LogP contribution in [0.3, 0.4) is 0 Å². The van der Waals surface area contributed by atoms with Crippen molar-refractivity contribution in [3.63, 3.8) is 0 Å². The molecule has 63 heavy (non-hydrogen) atoms. The Balaban J connectivity index is 1.04. The topological polar surface area (TPSA) is 184 Å². The summed E-state index contributed by atoms with van der Waals surface area (Å²) in [5, 5.41) is 9.57. The van der Waals surface area contributed by atoms with Crippen molar-refractivity contribution in [3.8, 4) is 23.5 Å². The molecule has 0 aliphatic carbocycles. The molecule has 1 unspecified atom stereocenters. The van der Waals surface area contributed by atoms with Crippen molar-refractivity contribution < 1.29 is 33.4 Å². The summed E-state index contributed by atoms with van der Waals surface area (Å²) in [5.74, 6) is 3.41. The number of carbonyl (C=O) groups is 4. The Bertz CT molecular complexity index is 2730. The van der Waals surface area contributed by atoms with Crippen molar-refractivity contribution in [2.75, 3.05) is 34.0 Å². The SMILES string of the molecule is C#CC1CC[C@@H](c2nc3ccc4cc(-c5ccc6c(ccc7nc(CN(CCC)C(=O)[C@@H](NC(=O)OC)C8CCOCC8)[nH]c76)c5)ccc4c3[nH]2)N1C(=O)[C@@H](NC(=O)OC)C(C)C. The number of benzene rings is 4. The fourth-order valence-electron chi connectivity index (χ4n) is 9.22. The highest BCUT2D eigenvalue weighted by atomic mass is 16.5. The monoisotopic (exact) mass is 854 g/mol. The quantitative estimate of drug-likeness (QED) is 0.0915. The number of imidazole rings is 2. The van der Waals surface area contributed by atoms with Gasteiger partial charge in [0.2, 0.25) is 11.8 Å². The Morgan fingerprint density at radius 3 is 2.08 bits per heavy atom. The first-order valence-corrected chi connectivity index (χ1v) is 21.7. The van der Waals surface area contributed by atoms with Crippen molar-refractivity contribution in [1.82, 2.24) is 40.4 Å². The zero-order valence-electron chi connectivity index (χ0n) is 36.3. The number of likely N-dealkylation sites (tertiary alicyclic amines) is 1. The summed E-state index contributed by atoms with van der Waals surface area (Å²) in [6, 6.07) is 18.5. The number of carbonyl (C=O) groups excluding carboxylic acids is 4. The van der Waals surface area contributed by atoms with Crippen LogP contribution in [0.5, 0.6) is 0 Å². The maximum atomic E-state index is 14.1. The maximum Gasteiger partial charge on any atom is 0.407 e. The molecular weight excluding hydrogens is 801 g/mol. The third-order valence-corrected chi connectivity index (χ3v) is 12.5. The van der Waals surface area contributed by atoms with E-state index in [4.69, 9.17) is 30.6 Å². The Labute approximate surface area is 365 Å². The Kier molecular flexibility index (Phi) is 12.5. The molecule has 2 aliphatic rings. The molecular formula is C48H54N8O7. The van der Waals surface area contributed by atoms with Gasteiger partial charge in [-0.1, -0.05) is 63.1 Å². The van der Waals surface area contributed by atoms with Crippen molar-refractivity contribution in [2.45, 2.75) is 83.6 Å². The van der Waals surface area contributed by atoms with Gasteiger partial charge in [-0.15, -0.1) is 6.42 Å². The van der Waals surface area contributed by atoms with Gasteiger partial charge in [0.05, 0.1) is 54.9 Å². The molecule has 2 aliphatic heterocycles. The molecule has 2 fully saturated rings. The van der Waals surface area contributed by atoms with Crippen molar-refractivity contribution in [2.24, 2.45) is 11.8 Å². The van der Waals surface area contributed by atoms with Gasteiger partial charge in [-0.3, -0.25) is 9.59 Å². The molecule has 0 spiro atoms. The zero-order valence-corrected chi connectivity index (χ0v) is 36.3. The molecule has 328 valence electrons. The number of hydrogen-bond acceptors (Lipinski definition) is 9. The molecule has 4 amide bonds. The third-order valence-electron chi connectivity index (χ3n) is 12.5. The van der Waals surface area contributed by atoms with Crippen LogP contribution in [-0.4, -0.2) is 106 Å². The molecule has 0 radical (unpaired) electrons. The maximum absolute atomic E-state index is 14.1. The van der Waals surface area contributed by atoms with Crippen LogP contribution in [0.15, 0.2) is 60.7 Å². The lowest BCUT2D eigenvalue weighted by molar-refractivity contribution is -0.137. The van der Waals surface area contributed by atoms with E-state index in [2.05, 4.69) is 75.1 Å². The summed E-state index contributed by atoms with van der Waals surface area (Å²) >= 11 is 0. The number of fused-ring (bicyclic) bond motifs is 6. The Morgan fingerprint density at radius 1 is 0.857 bits per heavy atom. The van der Waals surface area contributed by atoms with Crippen molar-refractivity contribution in [1.29, 1.82) is 0 Å². The molecule has 4 aromatic carbocycles. The summed E-state index contributed by atoms with van der Waals surface area (Å²) in [6.45, 7) is 7.62. The van der Waals surface area contributed by atoms with Gasteiger partial charge in [0.15, 0.2) is 0 Å². The number of terminal acetylenes is 1. The van der Waals surface area contributed by atoms with Gasteiger partial charge in [0, 0.05) is 30.5 Å². The second kappa shape index (κ2) is 18.4. The standard InChI is InChI=1S/C48H54N8O7/c1-7-21-55(45(57)41(54-48(60)62-6)28-19-22-63-23-20-28)26-39-49-36-16-11-31-24-29(9-14-34(31)42(36)51-39)30-10-15-35-32(25-30)12-17-37-43(35)52-44(50-37)38-18-13-33(8-2)56(38)46(58)40(27(3)4)53-47(59)61-5/h2,9-12,14-17,24-25,27-28,33,38,40-41H,7,13,18-23,26H2,1,3-6H3,(H,49,51)(H,50,52)(H,53,59)(H,54,60)/t33?,38-,40-,41-/m0/s1. The molecule has 4 heterocycles. The number of nitrogens with one attached hydrogen (secondary N) is 4. The van der Waals surface area contributed by atoms with Crippen LogP contribution in [0.1, 0.15) is 70.6 Å². The van der Waals surface area contributed by atoms with Crippen molar-refractivity contribution in [3.05, 3.63) is 72.3 Å². The fraction of sp³-hybridized carbons (Fsp3) is 0.417. The average Bonchev–Trinajstić information content (AvgIpc) is 4.06. The smallest absolute Gasteiger partial charge is 0.407 e. The van der Waals surface area contributed by atoms with E-state index in [1.54, 1.807) is 9.80 Å². The first kappa shape index (κ1) is 43.0. The van der Waals surface area contributed by atoms with Gasteiger partial charge in [-0.2, -0.15) is 0 Å². The molecule has 15 heteroatoms. The highest BCUT2D eigenvalue weighted by Gasteiger charge is 2.42. The van der Waals surface area contributed by atoms with E-state index in [0.29, 0.717) is 57.1 Å². The number of hydrogen-bond donors (Lipinski definition) is 4. The van der Waals surface area contributed by atoms with Gasteiger partial charge in [-0.25, -0.2) is 19.6 Å². The Hall–Kier alpha value is -6.66. The van der Waals surface area contributed by atoms with Crippen LogP contribution in [0.25, 0.3) is 54.7 Å². The largest absolute Gasteiger partial charge is 0.453 e. The van der Waals surface area contributed by atoms with E-state index in [9.17, 15) is 19.2 Å². The summed E-state index contributed by atoms with van der Waals surface area (Å²) in [6.07, 6.45) is 7.96. The average molecular weight is 855 g/mol. The first-order chi connectivity index (χ1) is 30.5. The predicted molar refractivity (Wildman–Crippen MR) is 240 cm³/mol.